The first-order valence-corrected chi connectivity index (χ1v) is 10.5. The van der Waals surface area contributed by atoms with Crippen molar-refractivity contribution >= 4 is 28.6 Å². The highest BCUT2D eigenvalue weighted by Gasteiger charge is 2.39. The number of hydrogen-bond donors (Lipinski definition) is 1. The van der Waals surface area contributed by atoms with Crippen LogP contribution in [0.25, 0.3) is 5.57 Å². The average Bonchev–Trinajstić information content (AvgIpc) is 3.23. The molecule has 3 aliphatic heterocycles. The van der Waals surface area contributed by atoms with Crippen LogP contribution in [0.15, 0.2) is 54.2 Å². The molecule has 3 heterocycles. The van der Waals surface area contributed by atoms with Gasteiger partial charge in [-0.1, -0.05) is 30.3 Å². The molecule has 1 fully saturated rings. The Balaban J connectivity index is 1.46. The number of amides is 1. The van der Waals surface area contributed by atoms with E-state index in [0.717, 1.165) is 42.9 Å². The molecule has 6 nitrogen and oxygen atoms in total. The maximum absolute atomic E-state index is 13.5. The normalized spacial score (nSPS) is 21.9. The zero-order valence-corrected chi connectivity index (χ0v) is 17.4. The molecule has 154 valence electrons. The van der Waals surface area contributed by atoms with Crippen molar-refractivity contribution in [2.75, 3.05) is 44.1 Å². The highest BCUT2D eigenvalue weighted by atomic mass is 16.2. The van der Waals surface area contributed by atoms with Crippen LogP contribution in [0.4, 0.5) is 11.4 Å². The summed E-state index contributed by atoms with van der Waals surface area (Å²) in [6.07, 6.45) is 2.19. The van der Waals surface area contributed by atoms with Gasteiger partial charge in [-0.05, 0) is 45.1 Å². The topological polar surface area (TPSA) is 55.9 Å². The van der Waals surface area contributed by atoms with Gasteiger partial charge in [-0.15, -0.1) is 0 Å². The number of carbonyl (C=O) groups excluding carboxylic acids is 2. The van der Waals surface area contributed by atoms with E-state index in [1.165, 1.54) is 0 Å². The maximum atomic E-state index is 13.5. The lowest BCUT2D eigenvalue weighted by molar-refractivity contribution is -0.113. The van der Waals surface area contributed by atoms with Gasteiger partial charge in [-0.3, -0.25) is 19.4 Å². The van der Waals surface area contributed by atoms with Crippen molar-refractivity contribution in [1.29, 1.82) is 0 Å². The zero-order valence-electron chi connectivity index (χ0n) is 17.4. The van der Waals surface area contributed by atoms with E-state index in [0.29, 0.717) is 29.5 Å². The van der Waals surface area contributed by atoms with E-state index in [4.69, 9.17) is 0 Å². The third-order valence-corrected chi connectivity index (χ3v) is 6.46. The fourth-order valence-electron chi connectivity index (χ4n) is 4.73. The lowest BCUT2D eigenvalue weighted by Gasteiger charge is -2.37. The summed E-state index contributed by atoms with van der Waals surface area (Å²) in [5.74, 6) is -0.216. The Bertz CT molecular complexity index is 1050. The number of benzene rings is 2. The summed E-state index contributed by atoms with van der Waals surface area (Å²) in [4.78, 5) is 33.0. The van der Waals surface area contributed by atoms with Gasteiger partial charge in [-0.2, -0.15) is 0 Å². The van der Waals surface area contributed by atoms with Crippen LogP contribution in [-0.2, 0) is 4.79 Å². The number of fused-ring (bicyclic) bond motifs is 2. The second-order valence-corrected chi connectivity index (χ2v) is 8.45. The van der Waals surface area contributed by atoms with Gasteiger partial charge >= 0.3 is 0 Å². The molecule has 6 heteroatoms. The summed E-state index contributed by atoms with van der Waals surface area (Å²) >= 11 is 0. The number of para-hydroxylation sites is 2. The number of ketones is 1. The lowest BCUT2D eigenvalue weighted by Crippen LogP contribution is -2.47. The van der Waals surface area contributed by atoms with Crippen LogP contribution in [0.5, 0.6) is 0 Å². The van der Waals surface area contributed by atoms with Crippen molar-refractivity contribution in [3.63, 3.8) is 0 Å². The number of carbonyl (C=O) groups is 2. The standard InChI is InChI=1S/C24H26N4O2/c1-26(2)16-11-13-27(14-12-16)15-28-20-10-6-4-8-18(20)21(24(28)30)22-23(29)17-7-3-5-9-19(17)25-22/h3-10,16,25H,11-15H2,1-2H3/b22-21-. The van der Waals surface area contributed by atoms with Crippen LogP contribution in [-0.4, -0.2) is 61.4 Å². The van der Waals surface area contributed by atoms with Crippen LogP contribution in [0.2, 0.25) is 0 Å². The fourth-order valence-corrected chi connectivity index (χ4v) is 4.73. The van der Waals surface area contributed by atoms with Crippen molar-refractivity contribution < 1.29 is 9.59 Å². The van der Waals surface area contributed by atoms with Gasteiger partial charge in [0.2, 0.25) is 5.78 Å². The van der Waals surface area contributed by atoms with E-state index in [1.54, 1.807) is 6.07 Å². The second-order valence-electron chi connectivity index (χ2n) is 8.45. The van der Waals surface area contributed by atoms with E-state index in [2.05, 4.69) is 29.2 Å². The number of nitrogens with one attached hydrogen (secondary N) is 1. The van der Waals surface area contributed by atoms with Crippen LogP contribution in [0, 0.1) is 0 Å². The molecule has 3 aliphatic rings. The van der Waals surface area contributed by atoms with E-state index in [9.17, 15) is 9.59 Å². The number of allylic oxidation sites excluding steroid dienone is 1. The summed E-state index contributed by atoms with van der Waals surface area (Å²) in [7, 11) is 4.26. The van der Waals surface area contributed by atoms with Crippen molar-refractivity contribution in [1.82, 2.24) is 9.80 Å². The summed E-state index contributed by atoms with van der Waals surface area (Å²) in [6.45, 7) is 2.47. The molecule has 0 spiro atoms. The van der Waals surface area contributed by atoms with E-state index in [1.807, 2.05) is 47.4 Å². The van der Waals surface area contributed by atoms with E-state index >= 15 is 0 Å². The monoisotopic (exact) mass is 402 g/mol. The molecule has 1 N–H and O–H groups in total. The molecule has 0 aliphatic carbocycles. The first kappa shape index (κ1) is 19.0. The molecular weight excluding hydrogens is 376 g/mol. The predicted octanol–water partition coefficient (Wildman–Crippen LogP) is 3.04. The second kappa shape index (κ2) is 7.38. The number of likely N-dealkylation sites (tertiary alicyclic amines) is 1. The van der Waals surface area contributed by atoms with Gasteiger partial charge in [0, 0.05) is 35.9 Å². The number of hydrogen-bond acceptors (Lipinski definition) is 5. The van der Waals surface area contributed by atoms with Gasteiger partial charge < -0.3 is 10.2 Å². The summed E-state index contributed by atoms with van der Waals surface area (Å²) in [6, 6.07) is 15.8. The van der Waals surface area contributed by atoms with Gasteiger partial charge in [0.15, 0.2) is 0 Å². The van der Waals surface area contributed by atoms with Crippen LogP contribution < -0.4 is 10.2 Å². The van der Waals surface area contributed by atoms with Crippen molar-refractivity contribution in [2.45, 2.75) is 18.9 Å². The summed E-state index contributed by atoms with van der Waals surface area (Å²) < 4.78 is 0. The molecule has 2 aromatic rings. The third kappa shape index (κ3) is 3.04. The number of Topliss-reactive ketones (excluding diaryl/α,β-unsaturated/α-hetero) is 1. The number of rotatable bonds is 3. The van der Waals surface area contributed by atoms with Gasteiger partial charge in [0.25, 0.3) is 5.91 Å². The molecule has 0 aromatic heterocycles. The number of piperidine rings is 1. The van der Waals surface area contributed by atoms with Crippen molar-refractivity contribution in [3.05, 3.63) is 65.4 Å². The smallest absolute Gasteiger partial charge is 0.262 e. The minimum atomic E-state index is -0.114. The lowest BCUT2D eigenvalue weighted by atomic mass is 10.0. The van der Waals surface area contributed by atoms with Crippen LogP contribution in [0.3, 0.4) is 0 Å². The summed E-state index contributed by atoms with van der Waals surface area (Å²) in [5, 5.41) is 3.20. The zero-order chi connectivity index (χ0) is 20.8. The SMILES string of the molecule is CN(C)C1CCN(CN2C(=O)/C(=C3\Nc4ccccc4C3=O)c3ccccc32)CC1. The molecule has 5 rings (SSSR count). The predicted molar refractivity (Wildman–Crippen MR) is 118 cm³/mol. The molecule has 2 aromatic carbocycles. The molecule has 30 heavy (non-hydrogen) atoms. The Hall–Kier alpha value is -2.96. The number of anilines is 2. The minimum absolute atomic E-state index is 0.102. The highest BCUT2D eigenvalue weighted by molar-refractivity contribution is 6.39. The quantitative estimate of drug-likeness (QED) is 0.800. The Morgan fingerprint density at radius 3 is 2.33 bits per heavy atom. The molecule has 1 amide bonds. The maximum Gasteiger partial charge on any atom is 0.262 e. The Morgan fingerprint density at radius 1 is 0.967 bits per heavy atom. The molecule has 0 atom stereocenters. The average molecular weight is 402 g/mol. The molecule has 0 bridgehead atoms. The molecule has 0 radical (unpaired) electrons. The van der Waals surface area contributed by atoms with Gasteiger partial charge in [-0.25, -0.2) is 0 Å². The van der Waals surface area contributed by atoms with Crippen LogP contribution >= 0.6 is 0 Å². The largest absolute Gasteiger partial charge is 0.351 e. The van der Waals surface area contributed by atoms with Crippen LogP contribution in [0.1, 0.15) is 28.8 Å². The fraction of sp³-hybridized carbons (Fsp3) is 0.333. The molecule has 0 saturated carbocycles. The Labute approximate surface area is 176 Å². The van der Waals surface area contributed by atoms with E-state index in [-0.39, 0.29) is 11.7 Å². The van der Waals surface area contributed by atoms with Gasteiger partial charge in [0.1, 0.15) is 5.70 Å². The first-order valence-electron chi connectivity index (χ1n) is 10.5. The van der Waals surface area contributed by atoms with Crippen molar-refractivity contribution in [2.24, 2.45) is 0 Å². The third-order valence-electron chi connectivity index (χ3n) is 6.46. The Morgan fingerprint density at radius 2 is 1.63 bits per heavy atom. The first-order chi connectivity index (χ1) is 14.5. The molecular formula is C24H26N4O2. The molecule has 0 unspecified atom stereocenters. The van der Waals surface area contributed by atoms with Crippen molar-refractivity contribution in [3.8, 4) is 0 Å². The number of nitrogens with zero attached hydrogens (tertiary/aromatic N) is 3. The van der Waals surface area contributed by atoms with E-state index < -0.39 is 0 Å². The molecule has 1 saturated heterocycles. The minimum Gasteiger partial charge on any atom is -0.351 e. The Kier molecular flexibility index (Phi) is 4.68. The highest BCUT2D eigenvalue weighted by Crippen LogP contribution is 2.41. The van der Waals surface area contributed by atoms with Gasteiger partial charge in [0.05, 0.1) is 17.9 Å². The summed E-state index contributed by atoms with van der Waals surface area (Å²) in [5.41, 5.74) is 3.96.